The van der Waals surface area contributed by atoms with Crippen LogP contribution in [0.2, 0.25) is 0 Å². The number of sulfonamides is 1. The first-order valence-corrected chi connectivity index (χ1v) is 8.81. The van der Waals surface area contributed by atoms with Gasteiger partial charge in [0, 0.05) is 5.39 Å². The number of ether oxygens (including phenoxy) is 1. The van der Waals surface area contributed by atoms with Crippen LogP contribution in [0.3, 0.4) is 0 Å². The van der Waals surface area contributed by atoms with Gasteiger partial charge in [0.2, 0.25) is 10.0 Å². The average Bonchev–Trinajstić information content (AvgIpc) is 2.60. The van der Waals surface area contributed by atoms with Gasteiger partial charge >= 0.3 is 0 Å². The Morgan fingerprint density at radius 2 is 1.88 bits per heavy atom. The number of nitrogens with one attached hydrogen (secondary N) is 1. The Hall–Kier alpha value is -2.97. The van der Waals surface area contributed by atoms with Crippen molar-refractivity contribution in [2.45, 2.75) is 4.90 Å². The van der Waals surface area contributed by atoms with Crippen LogP contribution in [0, 0.1) is 0 Å². The average molecular weight is 357 g/mol. The van der Waals surface area contributed by atoms with Crippen molar-refractivity contribution in [3.05, 3.63) is 60.2 Å². The number of primary sulfonamides is 1. The molecule has 0 unspecified atom stereocenters. The standard InChI is InChI=1S/C17H15N3O4S/c1-24-15-8-7-12(25(18,22)23)10-13(15)17(21)20-16-9-6-11-4-2-3-5-14(11)19-16/h2-10H,1H3,(H2,18,22,23)(H,19,20,21). The second-order valence-electron chi connectivity index (χ2n) is 5.25. The van der Waals surface area contributed by atoms with Gasteiger partial charge in [0.15, 0.2) is 0 Å². The van der Waals surface area contributed by atoms with Crippen LogP contribution >= 0.6 is 0 Å². The lowest BCUT2D eigenvalue weighted by molar-refractivity contribution is 0.102. The summed E-state index contributed by atoms with van der Waals surface area (Å²) in [5.41, 5.74) is 0.773. The molecule has 128 valence electrons. The summed E-state index contributed by atoms with van der Waals surface area (Å²) in [6, 6.07) is 14.8. The Morgan fingerprint density at radius 3 is 2.60 bits per heavy atom. The van der Waals surface area contributed by atoms with Crippen molar-refractivity contribution in [2.75, 3.05) is 12.4 Å². The molecule has 0 saturated heterocycles. The van der Waals surface area contributed by atoms with E-state index in [0.29, 0.717) is 5.82 Å². The molecule has 1 heterocycles. The summed E-state index contributed by atoms with van der Waals surface area (Å²) < 4.78 is 28.1. The lowest BCUT2D eigenvalue weighted by atomic mass is 10.2. The number of amides is 1. The molecule has 0 saturated carbocycles. The molecular formula is C17H15N3O4S. The smallest absolute Gasteiger partial charge is 0.260 e. The van der Waals surface area contributed by atoms with E-state index in [1.807, 2.05) is 30.3 Å². The Balaban J connectivity index is 1.96. The van der Waals surface area contributed by atoms with Crippen molar-refractivity contribution in [1.29, 1.82) is 0 Å². The molecule has 8 heteroatoms. The van der Waals surface area contributed by atoms with Crippen molar-refractivity contribution in [3.63, 3.8) is 0 Å². The van der Waals surface area contributed by atoms with E-state index in [-0.39, 0.29) is 16.2 Å². The highest BCUT2D eigenvalue weighted by Gasteiger charge is 2.18. The number of carbonyl (C=O) groups is 1. The van der Waals surface area contributed by atoms with E-state index in [1.165, 1.54) is 25.3 Å². The number of benzene rings is 2. The first-order chi connectivity index (χ1) is 11.9. The van der Waals surface area contributed by atoms with Crippen LogP contribution in [-0.2, 0) is 10.0 Å². The molecule has 3 N–H and O–H groups in total. The Labute approximate surface area is 144 Å². The number of hydrogen-bond acceptors (Lipinski definition) is 5. The molecule has 0 atom stereocenters. The fourth-order valence-corrected chi connectivity index (χ4v) is 2.90. The SMILES string of the molecule is COc1ccc(S(N)(=O)=O)cc1C(=O)Nc1ccc2ccccc2n1. The normalized spacial score (nSPS) is 11.3. The van der Waals surface area contributed by atoms with Crippen molar-refractivity contribution >= 4 is 32.7 Å². The monoisotopic (exact) mass is 357 g/mol. The number of hydrogen-bond donors (Lipinski definition) is 2. The maximum absolute atomic E-state index is 12.5. The van der Waals surface area contributed by atoms with E-state index >= 15 is 0 Å². The van der Waals surface area contributed by atoms with Crippen LogP contribution in [0.1, 0.15) is 10.4 Å². The first-order valence-electron chi connectivity index (χ1n) is 7.26. The molecule has 0 aliphatic heterocycles. The van der Waals surface area contributed by atoms with Crippen LogP contribution < -0.4 is 15.2 Å². The number of methoxy groups -OCH3 is 1. The summed E-state index contributed by atoms with van der Waals surface area (Å²) in [5.74, 6) is 0.0163. The molecule has 3 rings (SSSR count). The highest BCUT2D eigenvalue weighted by atomic mass is 32.2. The van der Waals surface area contributed by atoms with E-state index < -0.39 is 15.9 Å². The quantitative estimate of drug-likeness (QED) is 0.743. The second kappa shape index (κ2) is 6.50. The summed E-state index contributed by atoms with van der Waals surface area (Å²) in [7, 11) is -2.55. The molecule has 0 bridgehead atoms. The molecule has 0 aliphatic carbocycles. The number of anilines is 1. The lowest BCUT2D eigenvalue weighted by Gasteiger charge is -2.10. The Kier molecular flexibility index (Phi) is 4.39. The fraction of sp³-hybridized carbons (Fsp3) is 0.0588. The minimum Gasteiger partial charge on any atom is -0.496 e. The predicted molar refractivity (Wildman–Crippen MR) is 94.1 cm³/mol. The molecule has 1 aromatic heterocycles. The van der Waals surface area contributed by atoms with Gasteiger partial charge in [-0.15, -0.1) is 0 Å². The van der Waals surface area contributed by atoms with Gasteiger partial charge in [-0.3, -0.25) is 4.79 Å². The molecule has 2 aromatic carbocycles. The van der Waals surface area contributed by atoms with E-state index in [1.54, 1.807) is 6.07 Å². The zero-order valence-corrected chi connectivity index (χ0v) is 14.1. The number of rotatable bonds is 4. The lowest BCUT2D eigenvalue weighted by Crippen LogP contribution is -2.17. The summed E-state index contributed by atoms with van der Waals surface area (Å²) >= 11 is 0. The number of carbonyl (C=O) groups excluding carboxylic acids is 1. The molecule has 7 nitrogen and oxygen atoms in total. The molecule has 0 fully saturated rings. The van der Waals surface area contributed by atoms with Gasteiger partial charge in [0.25, 0.3) is 5.91 Å². The molecule has 0 radical (unpaired) electrons. The van der Waals surface area contributed by atoms with Gasteiger partial charge in [0.1, 0.15) is 11.6 Å². The van der Waals surface area contributed by atoms with E-state index in [2.05, 4.69) is 10.3 Å². The van der Waals surface area contributed by atoms with Crippen LogP contribution in [0.5, 0.6) is 5.75 Å². The van der Waals surface area contributed by atoms with Crippen LogP contribution in [-0.4, -0.2) is 26.4 Å². The zero-order chi connectivity index (χ0) is 18.0. The molecule has 0 spiro atoms. The number of aromatic nitrogens is 1. The molecule has 3 aromatic rings. The summed E-state index contributed by atoms with van der Waals surface area (Å²) in [6.07, 6.45) is 0. The molecule has 1 amide bonds. The van der Waals surface area contributed by atoms with Crippen LogP contribution in [0.25, 0.3) is 10.9 Å². The molecule has 25 heavy (non-hydrogen) atoms. The second-order valence-corrected chi connectivity index (χ2v) is 6.81. The summed E-state index contributed by atoms with van der Waals surface area (Å²) in [4.78, 5) is 16.7. The maximum atomic E-state index is 12.5. The third kappa shape index (κ3) is 3.59. The van der Waals surface area contributed by atoms with E-state index in [9.17, 15) is 13.2 Å². The van der Waals surface area contributed by atoms with Gasteiger partial charge in [-0.05, 0) is 36.4 Å². The molecule has 0 aliphatic rings. The highest BCUT2D eigenvalue weighted by molar-refractivity contribution is 7.89. The van der Waals surface area contributed by atoms with E-state index in [0.717, 1.165) is 10.9 Å². The minimum absolute atomic E-state index is 0.0454. The van der Waals surface area contributed by atoms with Gasteiger partial charge in [-0.2, -0.15) is 0 Å². The van der Waals surface area contributed by atoms with Gasteiger partial charge in [-0.1, -0.05) is 18.2 Å². The maximum Gasteiger partial charge on any atom is 0.260 e. The number of fused-ring (bicyclic) bond motifs is 1. The number of nitrogens with zero attached hydrogens (tertiary/aromatic N) is 1. The predicted octanol–water partition coefficient (Wildman–Crippen LogP) is 2.14. The fourth-order valence-electron chi connectivity index (χ4n) is 2.36. The third-order valence-electron chi connectivity index (χ3n) is 3.58. The van der Waals surface area contributed by atoms with Gasteiger partial charge in [0.05, 0.1) is 23.1 Å². The van der Waals surface area contributed by atoms with Crippen LogP contribution in [0.15, 0.2) is 59.5 Å². The van der Waals surface area contributed by atoms with Crippen molar-refractivity contribution in [1.82, 2.24) is 4.98 Å². The van der Waals surface area contributed by atoms with Crippen molar-refractivity contribution < 1.29 is 17.9 Å². The first kappa shape index (κ1) is 16.9. The van der Waals surface area contributed by atoms with Crippen molar-refractivity contribution in [2.24, 2.45) is 5.14 Å². The number of pyridine rings is 1. The zero-order valence-electron chi connectivity index (χ0n) is 13.3. The summed E-state index contributed by atoms with van der Waals surface area (Å²) in [5, 5.41) is 8.70. The van der Waals surface area contributed by atoms with Crippen LogP contribution in [0.4, 0.5) is 5.82 Å². The topological polar surface area (TPSA) is 111 Å². The van der Waals surface area contributed by atoms with Crippen molar-refractivity contribution in [3.8, 4) is 5.75 Å². The minimum atomic E-state index is -3.94. The van der Waals surface area contributed by atoms with Gasteiger partial charge < -0.3 is 10.1 Å². The number of para-hydroxylation sites is 1. The van der Waals surface area contributed by atoms with E-state index in [4.69, 9.17) is 9.88 Å². The Morgan fingerprint density at radius 1 is 1.12 bits per heavy atom. The molecular weight excluding hydrogens is 342 g/mol. The number of nitrogens with two attached hydrogens (primary N) is 1. The third-order valence-corrected chi connectivity index (χ3v) is 4.50. The highest BCUT2D eigenvalue weighted by Crippen LogP contribution is 2.23. The summed E-state index contributed by atoms with van der Waals surface area (Å²) in [6.45, 7) is 0. The van der Waals surface area contributed by atoms with Gasteiger partial charge in [-0.25, -0.2) is 18.5 Å². The Bertz CT molecular complexity index is 1060. The largest absolute Gasteiger partial charge is 0.496 e.